The molecule has 0 unspecified atom stereocenters. The van der Waals surface area contributed by atoms with Gasteiger partial charge in [-0.05, 0) is 47.7 Å². The van der Waals surface area contributed by atoms with E-state index >= 15 is 0 Å². The van der Waals surface area contributed by atoms with Gasteiger partial charge in [0.15, 0.2) is 0 Å². The first-order valence-corrected chi connectivity index (χ1v) is 26.3. The van der Waals surface area contributed by atoms with E-state index in [4.69, 9.17) is 19.4 Å². The predicted octanol–water partition coefficient (Wildman–Crippen LogP) is 11.6. The summed E-state index contributed by atoms with van der Waals surface area (Å²) in [6, 6.07) is 85.3. The molecule has 56 heavy (non-hydrogen) atoms. The fourth-order valence-corrected chi connectivity index (χ4v) is 11.8. The second-order valence-electron chi connectivity index (χ2n) is 12.4. The summed E-state index contributed by atoms with van der Waals surface area (Å²) in [5, 5.41) is 8.39. The molecule has 0 aliphatic heterocycles. The van der Waals surface area contributed by atoms with Crippen LogP contribution in [0.2, 0.25) is 0 Å². The summed E-state index contributed by atoms with van der Waals surface area (Å²) in [6.07, 6.45) is 1.99. The molecule has 8 aromatic carbocycles. The third kappa shape index (κ3) is 12.5. The normalized spacial score (nSPS) is 10.7. The number of rotatable bonds is 9. The Labute approximate surface area is 348 Å². The predicted molar refractivity (Wildman–Crippen MR) is 246 cm³/mol. The number of halogens is 2. The zero-order valence-electron chi connectivity index (χ0n) is 30.8. The molecule has 0 bridgehead atoms. The molecule has 278 valence electrons. The van der Waals surface area contributed by atoms with E-state index in [0.29, 0.717) is 0 Å². The molecule has 0 aromatic heterocycles. The van der Waals surface area contributed by atoms with Crippen molar-refractivity contribution < 1.29 is 13.5 Å². The summed E-state index contributed by atoms with van der Waals surface area (Å²) < 4.78 is 3.09. The molecule has 0 atom stereocenters. The van der Waals surface area contributed by atoms with Gasteiger partial charge in [0.05, 0.1) is 0 Å². The summed E-state index contributed by atoms with van der Waals surface area (Å²) in [7, 11) is 10.8. The second-order valence-corrected chi connectivity index (χ2v) is 22.3. The maximum Gasteiger partial charge on any atom is -0.0134 e. The topological polar surface area (TPSA) is 0 Å². The summed E-state index contributed by atoms with van der Waals surface area (Å²) >= 11 is -1.87. The maximum absolute atomic E-state index is 5.86. The van der Waals surface area contributed by atoms with Crippen LogP contribution in [0.15, 0.2) is 249 Å². The average molecular weight is 889 g/mol. The molecular weight excluding hydrogens is 846 g/mol. The van der Waals surface area contributed by atoms with Gasteiger partial charge in [-0.1, -0.05) is 182 Å². The van der Waals surface area contributed by atoms with Crippen molar-refractivity contribution in [3.05, 3.63) is 260 Å². The minimum Gasteiger partial charge on any atom is -0.0622 e. The summed E-state index contributed by atoms with van der Waals surface area (Å²) in [5.41, 5.74) is 2.44. The van der Waals surface area contributed by atoms with E-state index in [0.717, 1.165) is 0 Å². The van der Waals surface area contributed by atoms with Gasteiger partial charge in [0.25, 0.3) is 0 Å². The molecule has 8 aromatic rings. The van der Waals surface area contributed by atoms with Crippen LogP contribution in [0, 0.1) is 0 Å². The van der Waals surface area contributed by atoms with E-state index in [1.165, 1.54) is 43.0 Å². The van der Waals surface area contributed by atoms with Crippen LogP contribution in [-0.4, -0.2) is 4.26 Å². The van der Waals surface area contributed by atoms with Gasteiger partial charge in [-0.3, -0.25) is 0 Å². The second kappa shape index (κ2) is 22.9. The molecule has 8 rings (SSSR count). The third-order valence-corrected chi connectivity index (χ3v) is 15.2. The van der Waals surface area contributed by atoms with E-state index < -0.39 is 29.4 Å². The third-order valence-electron chi connectivity index (χ3n) is 8.71. The van der Waals surface area contributed by atoms with Crippen molar-refractivity contribution in [3.63, 3.8) is 0 Å². The first-order valence-electron chi connectivity index (χ1n) is 18.3. The number of hydrogen-bond donors (Lipinski definition) is 0. The Morgan fingerprint density at radius 1 is 0.321 bits per heavy atom. The Hall–Kier alpha value is -4.53. The molecule has 0 fully saturated rings. The Kier molecular flexibility index (Phi) is 16.8. The molecule has 0 amide bonds. The maximum atomic E-state index is 5.86. The molecule has 0 nitrogen and oxygen atoms in total. The molecule has 0 N–H and O–H groups in total. The molecule has 5 heteroatoms. The molecule has 0 spiro atoms. The Morgan fingerprint density at radius 2 is 0.518 bits per heavy atom. The number of hydrogen-bond acceptors (Lipinski definition) is 0. The Bertz CT molecular complexity index is 1990. The van der Waals surface area contributed by atoms with Crippen molar-refractivity contribution in [2.45, 2.75) is 5.92 Å². The molecule has 0 saturated heterocycles. The average Bonchev–Trinajstić information content (AvgIpc) is 3.27. The number of allylic oxidation sites excluding steroid dienone is 1. The minimum absolute atomic E-state index is 0.168. The van der Waals surface area contributed by atoms with Crippen LogP contribution in [0.5, 0.6) is 0 Å². The molecule has 0 radical (unpaired) electrons. The van der Waals surface area contributed by atoms with Crippen LogP contribution in [0.3, 0.4) is 0 Å². The van der Waals surface area contributed by atoms with Gasteiger partial charge in [-0.25, -0.2) is 0 Å². The number of benzene rings is 8. The molecule has 0 aliphatic rings. The van der Waals surface area contributed by atoms with Crippen molar-refractivity contribution in [2.75, 3.05) is 0 Å². The molecule has 0 saturated carbocycles. The van der Waals surface area contributed by atoms with Crippen LogP contribution in [-0.2, 0) is 13.5 Å². The van der Waals surface area contributed by atoms with Gasteiger partial charge in [0.1, 0.15) is 0 Å². The summed E-state index contributed by atoms with van der Waals surface area (Å²) in [5.74, 6) is 0.168. The van der Waals surface area contributed by atoms with Crippen LogP contribution in [0.25, 0.3) is 0 Å². The van der Waals surface area contributed by atoms with E-state index in [1.54, 1.807) is 0 Å². The minimum atomic E-state index is -1.87. The van der Waals surface area contributed by atoms with Crippen LogP contribution in [0.1, 0.15) is 17.0 Å². The van der Waals surface area contributed by atoms with Gasteiger partial charge in [-0.2, -0.15) is 0 Å². The van der Waals surface area contributed by atoms with Gasteiger partial charge in [-0.15, -0.1) is 0 Å². The van der Waals surface area contributed by atoms with E-state index in [2.05, 4.69) is 211 Å². The van der Waals surface area contributed by atoms with Gasteiger partial charge >= 0.3 is 121 Å². The zero-order valence-corrected chi connectivity index (χ0v) is 35.8. The van der Waals surface area contributed by atoms with Gasteiger partial charge in [0, 0.05) is 0 Å². The fourth-order valence-electron chi connectivity index (χ4n) is 6.17. The van der Waals surface area contributed by atoms with Crippen LogP contribution < -0.4 is 31.8 Å². The smallest absolute Gasteiger partial charge is 0.0134 e. The SMILES string of the molecule is [Cl][Ru]([Cl])=[C]=CC(c1ccccc1)c1ccccc1.c1ccc(P(c2ccccc2)c2ccccc2)cc1.c1ccc(P(c2ccccc2)c2ccccc2)cc1. The van der Waals surface area contributed by atoms with Crippen molar-refractivity contribution in [2.24, 2.45) is 0 Å². The zero-order chi connectivity index (χ0) is 38.6. The largest absolute Gasteiger partial charge is 0.0622 e. The first-order chi connectivity index (χ1) is 27.7. The quantitative estimate of drug-likeness (QED) is 0.100. The summed E-state index contributed by atoms with van der Waals surface area (Å²) in [4.78, 5) is 0. The first kappa shape index (κ1) is 41.1. The Morgan fingerprint density at radius 3 is 0.714 bits per heavy atom. The van der Waals surface area contributed by atoms with Crippen molar-refractivity contribution in [1.82, 2.24) is 0 Å². The molecule has 0 heterocycles. The fraction of sp³-hybridized carbons (Fsp3) is 0.0196. The van der Waals surface area contributed by atoms with Crippen molar-refractivity contribution >= 4 is 71.3 Å². The van der Waals surface area contributed by atoms with E-state index in [1.807, 2.05) is 42.5 Å². The monoisotopic (exact) mass is 888 g/mol. The van der Waals surface area contributed by atoms with Gasteiger partial charge in [0.2, 0.25) is 0 Å². The van der Waals surface area contributed by atoms with E-state index in [-0.39, 0.29) is 5.92 Å². The molecule has 0 aliphatic carbocycles. The van der Waals surface area contributed by atoms with Crippen molar-refractivity contribution in [1.29, 1.82) is 0 Å². The van der Waals surface area contributed by atoms with E-state index in [9.17, 15) is 0 Å². The Balaban J connectivity index is 0.000000142. The standard InChI is InChI=1S/2C18H15P.C15H12.2ClH.Ru/c2*1-4-10-16(11-5-1)19(17-12-6-2-7-13-17)18-14-8-3-9-15-18;1-2-15(13-9-5-3-6-10-13)14-11-7-4-8-12-14;;;/h2*1-15H;2-12,15H;2*1H;/q;;;;;+2/p-2. The molecular formula is C51H42Cl2P2Ru. The van der Waals surface area contributed by atoms with Gasteiger partial charge < -0.3 is 0 Å². The van der Waals surface area contributed by atoms with Crippen LogP contribution in [0.4, 0.5) is 0 Å². The summed E-state index contributed by atoms with van der Waals surface area (Å²) in [6.45, 7) is 0. The van der Waals surface area contributed by atoms with Crippen molar-refractivity contribution in [3.8, 4) is 0 Å². The van der Waals surface area contributed by atoms with Crippen LogP contribution >= 0.6 is 35.2 Å².